The van der Waals surface area contributed by atoms with Crippen LogP contribution < -0.4 is 9.62 Å². The van der Waals surface area contributed by atoms with Crippen molar-refractivity contribution in [2.75, 3.05) is 15.9 Å². The molecule has 0 aliphatic rings. The maximum atomic E-state index is 13.2. The van der Waals surface area contributed by atoms with E-state index in [0.29, 0.717) is 10.7 Å². The molecule has 0 fully saturated rings. The maximum Gasteiger partial charge on any atom is 0.248 e. The molecule has 8 heteroatoms. The maximum absolute atomic E-state index is 13.2. The molecule has 0 aromatic heterocycles. The molecule has 0 saturated heterocycles. The summed E-state index contributed by atoms with van der Waals surface area (Å²) in [5.74, 6) is -1.02. The Morgan fingerprint density at radius 3 is 2.32 bits per heavy atom. The largest absolute Gasteiger partial charge is 0.323 e. The van der Waals surface area contributed by atoms with E-state index in [9.17, 15) is 17.6 Å². The van der Waals surface area contributed by atoms with Crippen LogP contribution >= 0.6 is 11.6 Å². The van der Waals surface area contributed by atoms with Crippen LogP contribution in [0.3, 0.4) is 0 Å². The molecule has 2 aromatic rings. The lowest BCUT2D eigenvalue weighted by molar-refractivity contribution is -0.117. The van der Waals surface area contributed by atoms with Gasteiger partial charge in [0.25, 0.3) is 0 Å². The van der Waals surface area contributed by atoms with Crippen LogP contribution in [0.1, 0.15) is 13.3 Å². The number of carbonyl (C=O) groups excluding carboxylic acids is 1. The molecule has 0 spiro atoms. The first-order valence-electron chi connectivity index (χ1n) is 7.54. The third-order valence-corrected chi connectivity index (χ3v) is 5.05. The average Bonchev–Trinajstić information content (AvgIpc) is 2.54. The summed E-state index contributed by atoms with van der Waals surface area (Å²) in [5.41, 5.74) is 0.602. The van der Waals surface area contributed by atoms with Gasteiger partial charge in [-0.1, -0.05) is 30.7 Å². The van der Waals surface area contributed by atoms with Gasteiger partial charge in [-0.2, -0.15) is 0 Å². The van der Waals surface area contributed by atoms with Gasteiger partial charge in [0.15, 0.2) is 0 Å². The number of nitrogens with zero attached hydrogens (tertiary/aromatic N) is 1. The number of nitrogens with one attached hydrogen (secondary N) is 1. The molecule has 2 aromatic carbocycles. The highest BCUT2D eigenvalue weighted by molar-refractivity contribution is 7.92. The summed E-state index contributed by atoms with van der Waals surface area (Å²) >= 11 is 6.03. The van der Waals surface area contributed by atoms with Crippen molar-refractivity contribution in [2.24, 2.45) is 0 Å². The Balaban J connectivity index is 2.38. The minimum absolute atomic E-state index is 0.213. The predicted molar refractivity (Wildman–Crippen MR) is 97.9 cm³/mol. The van der Waals surface area contributed by atoms with Gasteiger partial charge in [-0.15, -0.1) is 0 Å². The second-order valence-electron chi connectivity index (χ2n) is 5.43. The van der Waals surface area contributed by atoms with Gasteiger partial charge in [-0.25, -0.2) is 12.8 Å². The van der Waals surface area contributed by atoms with Crippen molar-refractivity contribution in [1.82, 2.24) is 0 Å². The summed E-state index contributed by atoms with van der Waals surface area (Å²) in [4.78, 5) is 12.7. The topological polar surface area (TPSA) is 66.5 Å². The Morgan fingerprint density at radius 1 is 1.20 bits per heavy atom. The van der Waals surface area contributed by atoms with Crippen molar-refractivity contribution < 1.29 is 17.6 Å². The van der Waals surface area contributed by atoms with Gasteiger partial charge >= 0.3 is 0 Å². The lowest BCUT2D eigenvalue weighted by Crippen LogP contribution is -2.47. The zero-order valence-electron chi connectivity index (χ0n) is 13.7. The summed E-state index contributed by atoms with van der Waals surface area (Å²) in [5, 5.41) is 2.99. The predicted octanol–water partition coefficient (Wildman–Crippen LogP) is 3.66. The highest BCUT2D eigenvalue weighted by atomic mass is 35.5. The van der Waals surface area contributed by atoms with Gasteiger partial charge < -0.3 is 5.32 Å². The van der Waals surface area contributed by atoms with Crippen molar-refractivity contribution in [2.45, 2.75) is 19.4 Å². The highest BCUT2D eigenvalue weighted by Gasteiger charge is 2.31. The summed E-state index contributed by atoms with van der Waals surface area (Å²) in [6.07, 6.45) is 1.22. The van der Waals surface area contributed by atoms with E-state index in [1.807, 2.05) is 0 Å². The minimum Gasteiger partial charge on any atom is -0.323 e. The van der Waals surface area contributed by atoms with E-state index in [2.05, 4.69) is 5.32 Å². The van der Waals surface area contributed by atoms with Gasteiger partial charge in [-0.05, 0) is 42.8 Å². The van der Waals surface area contributed by atoms with Gasteiger partial charge in [0.1, 0.15) is 11.9 Å². The summed E-state index contributed by atoms with van der Waals surface area (Å²) in [6, 6.07) is 10.6. The van der Waals surface area contributed by atoms with Gasteiger partial charge in [0.05, 0.1) is 22.7 Å². The van der Waals surface area contributed by atoms with E-state index in [4.69, 9.17) is 11.6 Å². The van der Waals surface area contributed by atoms with Gasteiger partial charge in [0, 0.05) is 0 Å². The second kappa shape index (κ2) is 7.84. The van der Waals surface area contributed by atoms with E-state index < -0.39 is 27.8 Å². The molecule has 1 atom stereocenters. The van der Waals surface area contributed by atoms with Crippen molar-refractivity contribution in [3.8, 4) is 0 Å². The number of amides is 1. The molecule has 1 N–H and O–H groups in total. The third-order valence-electron chi connectivity index (χ3n) is 3.54. The molecule has 5 nitrogen and oxygen atoms in total. The smallest absolute Gasteiger partial charge is 0.248 e. The first-order chi connectivity index (χ1) is 11.7. The molecule has 25 heavy (non-hydrogen) atoms. The first-order valence-corrected chi connectivity index (χ1v) is 9.77. The summed E-state index contributed by atoms with van der Waals surface area (Å²) in [6.45, 7) is 1.69. The van der Waals surface area contributed by atoms with E-state index in [1.54, 1.807) is 31.2 Å². The standard InChI is InChI=1S/C17H18ClFN2O3S/c1-3-16(17(22)20-15-7-5-4-6-14(15)18)21(25(2,23)24)13-10-8-12(19)9-11-13/h4-11,16H,3H2,1-2H3,(H,20,22). The molecule has 1 amide bonds. The highest BCUT2D eigenvalue weighted by Crippen LogP contribution is 2.25. The molecule has 0 aliphatic carbocycles. The van der Waals surface area contributed by atoms with Crippen LogP contribution in [0.15, 0.2) is 48.5 Å². The summed E-state index contributed by atoms with van der Waals surface area (Å²) in [7, 11) is -3.77. The van der Waals surface area contributed by atoms with E-state index in [-0.39, 0.29) is 12.1 Å². The summed E-state index contributed by atoms with van der Waals surface area (Å²) < 4.78 is 38.7. The fourth-order valence-electron chi connectivity index (χ4n) is 2.43. The molecular formula is C17H18ClFN2O3S. The SMILES string of the molecule is CCC(C(=O)Nc1ccccc1Cl)N(c1ccc(F)cc1)S(C)(=O)=O. The van der Waals surface area contributed by atoms with Crippen LogP contribution in [-0.2, 0) is 14.8 Å². The number of anilines is 2. The Bertz CT molecular complexity index is 856. The molecular weight excluding hydrogens is 367 g/mol. The minimum atomic E-state index is -3.77. The van der Waals surface area contributed by atoms with E-state index in [1.165, 1.54) is 12.1 Å². The lowest BCUT2D eigenvalue weighted by atomic mass is 10.1. The molecule has 1 unspecified atom stereocenters. The molecule has 0 aliphatic heterocycles. The van der Waals surface area contributed by atoms with Crippen molar-refractivity contribution in [3.05, 3.63) is 59.4 Å². The van der Waals surface area contributed by atoms with Crippen LogP contribution in [0, 0.1) is 5.82 Å². The van der Waals surface area contributed by atoms with E-state index in [0.717, 1.165) is 22.7 Å². The number of carbonyl (C=O) groups is 1. The first kappa shape index (κ1) is 19.2. The normalized spacial score (nSPS) is 12.5. The number of sulfonamides is 1. The molecule has 0 saturated carbocycles. The monoisotopic (exact) mass is 384 g/mol. The van der Waals surface area contributed by atoms with Gasteiger partial charge in [-0.3, -0.25) is 9.10 Å². The van der Waals surface area contributed by atoms with Crippen LogP contribution in [0.4, 0.5) is 15.8 Å². The Kier molecular flexibility index (Phi) is 6.02. The number of benzene rings is 2. The van der Waals surface area contributed by atoms with Crippen molar-refractivity contribution in [1.29, 1.82) is 0 Å². The molecule has 0 heterocycles. The number of para-hydroxylation sites is 1. The molecule has 0 radical (unpaired) electrons. The Morgan fingerprint density at radius 2 is 1.80 bits per heavy atom. The Labute approximate surface area is 151 Å². The zero-order chi connectivity index (χ0) is 18.6. The second-order valence-corrected chi connectivity index (χ2v) is 7.70. The van der Waals surface area contributed by atoms with E-state index >= 15 is 0 Å². The van der Waals surface area contributed by atoms with Crippen LogP contribution in [0.5, 0.6) is 0 Å². The lowest BCUT2D eigenvalue weighted by Gasteiger charge is -2.30. The number of halogens is 2. The zero-order valence-corrected chi connectivity index (χ0v) is 15.3. The Hall–Kier alpha value is -2.12. The quantitative estimate of drug-likeness (QED) is 0.826. The fraction of sp³-hybridized carbons (Fsp3) is 0.235. The number of rotatable bonds is 6. The molecule has 2 rings (SSSR count). The number of hydrogen-bond acceptors (Lipinski definition) is 3. The number of hydrogen-bond donors (Lipinski definition) is 1. The van der Waals surface area contributed by atoms with Crippen LogP contribution in [-0.4, -0.2) is 26.6 Å². The van der Waals surface area contributed by atoms with Crippen molar-refractivity contribution >= 4 is 38.9 Å². The van der Waals surface area contributed by atoms with Gasteiger partial charge in [0.2, 0.25) is 15.9 Å². The molecule has 0 bridgehead atoms. The van der Waals surface area contributed by atoms with Crippen LogP contribution in [0.2, 0.25) is 5.02 Å². The fourth-order valence-corrected chi connectivity index (χ4v) is 3.82. The van der Waals surface area contributed by atoms with Crippen molar-refractivity contribution in [3.63, 3.8) is 0 Å². The third kappa shape index (κ3) is 4.70. The average molecular weight is 385 g/mol. The van der Waals surface area contributed by atoms with Crippen LogP contribution in [0.25, 0.3) is 0 Å². The molecule has 134 valence electrons.